The van der Waals surface area contributed by atoms with Gasteiger partial charge in [0.05, 0.1) is 6.21 Å². The van der Waals surface area contributed by atoms with Crippen LogP contribution in [0, 0.1) is 5.82 Å². The van der Waals surface area contributed by atoms with Gasteiger partial charge < -0.3 is 9.94 Å². The Balaban J connectivity index is 2.01. The zero-order valence-corrected chi connectivity index (χ0v) is 9.58. The molecule has 0 atom stereocenters. The van der Waals surface area contributed by atoms with E-state index in [4.69, 9.17) is 9.94 Å². The summed E-state index contributed by atoms with van der Waals surface area (Å²) in [6.45, 7) is 0.361. The lowest BCUT2D eigenvalue weighted by Crippen LogP contribution is -1.96. The number of oxime groups is 1. The van der Waals surface area contributed by atoms with Gasteiger partial charge in [-0.25, -0.2) is 4.39 Å². The minimum absolute atomic E-state index is 0.264. The van der Waals surface area contributed by atoms with Crippen LogP contribution in [0.15, 0.2) is 53.7 Å². The lowest BCUT2D eigenvalue weighted by Gasteiger charge is -2.06. The van der Waals surface area contributed by atoms with E-state index >= 15 is 0 Å². The fraction of sp³-hybridized carbons (Fsp3) is 0.0714. The second-order valence-electron chi connectivity index (χ2n) is 3.73. The highest BCUT2D eigenvalue weighted by atomic mass is 19.1. The maximum atomic E-state index is 12.7. The molecule has 0 radical (unpaired) electrons. The number of rotatable bonds is 4. The number of hydrogen-bond donors (Lipinski definition) is 1. The van der Waals surface area contributed by atoms with E-state index in [-0.39, 0.29) is 5.82 Å². The third kappa shape index (κ3) is 3.31. The van der Waals surface area contributed by atoms with Crippen LogP contribution in [0.25, 0.3) is 0 Å². The number of hydrogen-bond acceptors (Lipinski definition) is 3. The second-order valence-corrected chi connectivity index (χ2v) is 3.73. The third-order valence-corrected chi connectivity index (χ3v) is 2.38. The molecule has 0 aliphatic carbocycles. The van der Waals surface area contributed by atoms with Crippen molar-refractivity contribution in [1.82, 2.24) is 0 Å². The van der Waals surface area contributed by atoms with Gasteiger partial charge in [0.15, 0.2) is 0 Å². The molecule has 0 bridgehead atoms. The second kappa shape index (κ2) is 5.82. The normalized spacial score (nSPS) is 10.7. The van der Waals surface area contributed by atoms with E-state index in [1.165, 1.54) is 18.3 Å². The summed E-state index contributed by atoms with van der Waals surface area (Å²) in [5.41, 5.74) is 1.63. The monoisotopic (exact) mass is 245 g/mol. The zero-order chi connectivity index (χ0) is 12.8. The van der Waals surface area contributed by atoms with Gasteiger partial charge in [-0.05, 0) is 35.4 Å². The largest absolute Gasteiger partial charge is 0.489 e. The Morgan fingerprint density at radius 2 is 1.94 bits per heavy atom. The standard InChI is InChI=1S/C14H12FNO2/c15-13-6-4-11(5-7-13)10-18-14-3-1-2-12(8-14)9-16-17/h1-9,17H,10H2. The molecule has 0 aliphatic heterocycles. The van der Waals surface area contributed by atoms with E-state index in [0.29, 0.717) is 12.4 Å². The smallest absolute Gasteiger partial charge is 0.123 e. The molecule has 2 rings (SSSR count). The molecule has 0 amide bonds. The average molecular weight is 245 g/mol. The van der Waals surface area contributed by atoms with E-state index < -0.39 is 0 Å². The van der Waals surface area contributed by atoms with Crippen molar-refractivity contribution >= 4 is 6.21 Å². The first-order valence-electron chi connectivity index (χ1n) is 5.42. The van der Waals surface area contributed by atoms with Crippen LogP contribution in [0.3, 0.4) is 0 Å². The Morgan fingerprint density at radius 1 is 1.17 bits per heavy atom. The fourth-order valence-electron chi connectivity index (χ4n) is 1.50. The van der Waals surface area contributed by atoms with Gasteiger partial charge in [0.25, 0.3) is 0 Å². The lowest BCUT2D eigenvalue weighted by atomic mass is 10.2. The first-order chi connectivity index (χ1) is 8.78. The van der Waals surface area contributed by atoms with Crippen molar-refractivity contribution < 1.29 is 14.3 Å². The lowest BCUT2D eigenvalue weighted by molar-refractivity contribution is 0.306. The number of ether oxygens (including phenoxy) is 1. The van der Waals surface area contributed by atoms with Crippen LogP contribution in [-0.2, 0) is 6.61 Å². The highest BCUT2D eigenvalue weighted by molar-refractivity contribution is 5.79. The van der Waals surface area contributed by atoms with Gasteiger partial charge in [-0.15, -0.1) is 0 Å². The molecule has 92 valence electrons. The molecule has 2 aromatic rings. The van der Waals surface area contributed by atoms with Crippen molar-refractivity contribution in [1.29, 1.82) is 0 Å². The average Bonchev–Trinajstić information content (AvgIpc) is 2.39. The summed E-state index contributed by atoms with van der Waals surface area (Å²) < 4.78 is 18.3. The highest BCUT2D eigenvalue weighted by Gasteiger charge is 1.98. The number of nitrogens with zero attached hydrogens (tertiary/aromatic N) is 1. The summed E-state index contributed by atoms with van der Waals surface area (Å²) in [5, 5.41) is 11.4. The molecular formula is C14H12FNO2. The topological polar surface area (TPSA) is 41.8 Å². The van der Waals surface area contributed by atoms with Crippen LogP contribution in [0.4, 0.5) is 4.39 Å². The minimum Gasteiger partial charge on any atom is -0.489 e. The van der Waals surface area contributed by atoms with Gasteiger partial charge in [-0.1, -0.05) is 29.4 Å². The summed E-state index contributed by atoms with van der Waals surface area (Å²) in [5.74, 6) is 0.400. The molecule has 3 nitrogen and oxygen atoms in total. The van der Waals surface area contributed by atoms with Crippen molar-refractivity contribution in [2.45, 2.75) is 6.61 Å². The molecule has 0 aromatic heterocycles. The van der Waals surface area contributed by atoms with E-state index in [2.05, 4.69) is 5.16 Å². The molecular weight excluding hydrogens is 233 g/mol. The van der Waals surface area contributed by atoms with Crippen molar-refractivity contribution in [2.75, 3.05) is 0 Å². The van der Waals surface area contributed by atoms with Gasteiger partial charge in [0.2, 0.25) is 0 Å². The molecule has 0 fully saturated rings. The van der Waals surface area contributed by atoms with Crippen molar-refractivity contribution in [3.63, 3.8) is 0 Å². The minimum atomic E-state index is -0.264. The SMILES string of the molecule is ON=Cc1cccc(OCc2ccc(F)cc2)c1. The Hall–Kier alpha value is -2.36. The highest BCUT2D eigenvalue weighted by Crippen LogP contribution is 2.14. The molecule has 0 heterocycles. The third-order valence-electron chi connectivity index (χ3n) is 2.38. The first kappa shape index (κ1) is 12.1. The summed E-state index contributed by atoms with van der Waals surface area (Å²) in [6.07, 6.45) is 1.32. The van der Waals surface area contributed by atoms with Crippen LogP contribution < -0.4 is 4.74 Å². The van der Waals surface area contributed by atoms with E-state index in [1.54, 1.807) is 36.4 Å². The molecule has 0 unspecified atom stereocenters. The summed E-state index contributed by atoms with van der Waals surface area (Å²) in [7, 11) is 0. The van der Waals surface area contributed by atoms with Crippen LogP contribution in [0.1, 0.15) is 11.1 Å². The molecule has 0 saturated heterocycles. The van der Waals surface area contributed by atoms with E-state index in [9.17, 15) is 4.39 Å². The van der Waals surface area contributed by atoms with Crippen LogP contribution in [0.2, 0.25) is 0 Å². The van der Waals surface area contributed by atoms with Crippen LogP contribution >= 0.6 is 0 Å². The molecule has 2 aromatic carbocycles. The quantitative estimate of drug-likeness (QED) is 0.510. The fourth-order valence-corrected chi connectivity index (χ4v) is 1.50. The Morgan fingerprint density at radius 3 is 2.67 bits per heavy atom. The Labute approximate surface area is 104 Å². The van der Waals surface area contributed by atoms with Crippen molar-refractivity contribution in [3.8, 4) is 5.75 Å². The molecule has 18 heavy (non-hydrogen) atoms. The van der Waals surface area contributed by atoms with Crippen molar-refractivity contribution in [2.24, 2.45) is 5.16 Å². The molecule has 4 heteroatoms. The van der Waals surface area contributed by atoms with Gasteiger partial charge in [-0.2, -0.15) is 0 Å². The number of benzene rings is 2. The summed E-state index contributed by atoms with van der Waals surface area (Å²) >= 11 is 0. The van der Waals surface area contributed by atoms with Gasteiger partial charge in [0.1, 0.15) is 18.2 Å². The molecule has 0 aliphatic rings. The van der Waals surface area contributed by atoms with Crippen molar-refractivity contribution in [3.05, 3.63) is 65.5 Å². The van der Waals surface area contributed by atoms with Crippen LogP contribution in [-0.4, -0.2) is 11.4 Å². The van der Waals surface area contributed by atoms with E-state index in [1.807, 2.05) is 0 Å². The van der Waals surface area contributed by atoms with Gasteiger partial charge in [-0.3, -0.25) is 0 Å². The van der Waals surface area contributed by atoms with Gasteiger partial charge in [0, 0.05) is 0 Å². The molecule has 1 N–H and O–H groups in total. The maximum Gasteiger partial charge on any atom is 0.123 e. The molecule has 0 spiro atoms. The Kier molecular flexibility index (Phi) is 3.91. The summed E-state index contributed by atoms with van der Waals surface area (Å²) in [6, 6.07) is 13.3. The zero-order valence-electron chi connectivity index (χ0n) is 9.58. The maximum absolute atomic E-state index is 12.7. The predicted octanol–water partition coefficient (Wildman–Crippen LogP) is 3.21. The molecule has 0 saturated carbocycles. The van der Waals surface area contributed by atoms with E-state index in [0.717, 1.165) is 11.1 Å². The first-order valence-corrected chi connectivity index (χ1v) is 5.42. The van der Waals surface area contributed by atoms with Crippen LogP contribution in [0.5, 0.6) is 5.75 Å². The number of halogens is 1. The summed E-state index contributed by atoms with van der Waals surface area (Å²) in [4.78, 5) is 0. The predicted molar refractivity (Wildman–Crippen MR) is 66.6 cm³/mol. The van der Waals surface area contributed by atoms with Gasteiger partial charge >= 0.3 is 0 Å². The Bertz CT molecular complexity index is 538.